The molecule has 4 nitrogen and oxygen atoms in total. The van der Waals surface area contributed by atoms with Crippen molar-refractivity contribution in [2.75, 3.05) is 6.61 Å². The summed E-state index contributed by atoms with van der Waals surface area (Å²) in [4.78, 5) is 4.11. The monoisotopic (exact) mass is 278 g/mol. The van der Waals surface area contributed by atoms with Gasteiger partial charge in [-0.25, -0.2) is 4.98 Å². The average Bonchev–Trinajstić information content (AvgIpc) is 2.42. The van der Waals surface area contributed by atoms with Gasteiger partial charge in [0.25, 0.3) is 0 Å². The van der Waals surface area contributed by atoms with Crippen LogP contribution >= 0.6 is 11.6 Å². The maximum Gasteiger partial charge on any atom is 0.219 e. The highest BCUT2D eigenvalue weighted by atomic mass is 35.5. The van der Waals surface area contributed by atoms with Gasteiger partial charge in [-0.1, -0.05) is 17.7 Å². The van der Waals surface area contributed by atoms with Gasteiger partial charge >= 0.3 is 0 Å². The summed E-state index contributed by atoms with van der Waals surface area (Å²) in [5.41, 5.74) is 6.39. The van der Waals surface area contributed by atoms with Gasteiger partial charge in [0.1, 0.15) is 11.5 Å². The summed E-state index contributed by atoms with van der Waals surface area (Å²) in [6, 6.07) is 9.11. The van der Waals surface area contributed by atoms with Crippen molar-refractivity contribution in [3.63, 3.8) is 0 Å². The molecule has 0 unspecified atom stereocenters. The van der Waals surface area contributed by atoms with Gasteiger partial charge in [0.15, 0.2) is 0 Å². The summed E-state index contributed by atoms with van der Waals surface area (Å²) in [5.74, 6) is 1.87. The molecule has 2 rings (SSSR count). The molecule has 0 saturated heterocycles. The summed E-state index contributed by atoms with van der Waals surface area (Å²) in [6.45, 7) is 2.89. The number of hydrogen-bond acceptors (Lipinski definition) is 4. The van der Waals surface area contributed by atoms with Crippen LogP contribution in [0.4, 0.5) is 0 Å². The maximum atomic E-state index is 5.95. The largest absolute Gasteiger partial charge is 0.494 e. The molecule has 0 radical (unpaired) electrons. The van der Waals surface area contributed by atoms with E-state index in [1.807, 2.05) is 31.2 Å². The van der Waals surface area contributed by atoms with E-state index in [9.17, 15) is 0 Å². The lowest BCUT2D eigenvalue weighted by Crippen LogP contribution is -1.99. The van der Waals surface area contributed by atoms with Crippen LogP contribution in [0.1, 0.15) is 12.5 Å². The predicted molar refractivity (Wildman–Crippen MR) is 74.8 cm³/mol. The van der Waals surface area contributed by atoms with E-state index in [1.165, 1.54) is 6.20 Å². The Morgan fingerprint density at radius 1 is 1.26 bits per heavy atom. The highest BCUT2D eigenvalue weighted by Crippen LogP contribution is 2.26. The number of rotatable bonds is 5. The van der Waals surface area contributed by atoms with Crippen LogP contribution in [0.5, 0.6) is 17.4 Å². The molecule has 0 aliphatic carbocycles. The van der Waals surface area contributed by atoms with E-state index in [2.05, 4.69) is 4.98 Å². The minimum atomic E-state index is 0.344. The number of nitrogens with two attached hydrogens (primary N) is 1. The van der Waals surface area contributed by atoms with Crippen molar-refractivity contribution in [3.05, 3.63) is 47.1 Å². The number of nitrogens with zero attached hydrogens (tertiary/aromatic N) is 1. The van der Waals surface area contributed by atoms with E-state index in [0.29, 0.717) is 29.8 Å². The van der Waals surface area contributed by atoms with Crippen LogP contribution in [-0.2, 0) is 6.54 Å². The Balaban J connectivity index is 2.18. The molecule has 1 aromatic heterocycles. The van der Waals surface area contributed by atoms with Crippen LogP contribution in [-0.4, -0.2) is 11.6 Å². The number of benzene rings is 1. The zero-order valence-corrected chi connectivity index (χ0v) is 11.4. The van der Waals surface area contributed by atoms with Gasteiger partial charge in [-0.3, -0.25) is 0 Å². The first-order valence-electron chi connectivity index (χ1n) is 5.98. The molecule has 0 fully saturated rings. The van der Waals surface area contributed by atoms with E-state index < -0.39 is 0 Å². The molecule has 0 aliphatic rings. The third-order valence-corrected chi connectivity index (χ3v) is 2.81. The molecule has 100 valence electrons. The summed E-state index contributed by atoms with van der Waals surface area (Å²) < 4.78 is 11.1. The molecule has 2 N–H and O–H groups in total. The van der Waals surface area contributed by atoms with Gasteiger partial charge in [0.2, 0.25) is 5.88 Å². The smallest absolute Gasteiger partial charge is 0.219 e. The van der Waals surface area contributed by atoms with Gasteiger partial charge in [-0.2, -0.15) is 0 Å². The summed E-state index contributed by atoms with van der Waals surface area (Å²) in [7, 11) is 0. The zero-order valence-electron chi connectivity index (χ0n) is 10.6. The van der Waals surface area contributed by atoms with E-state index >= 15 is 0 Å². The molecular weight excluding hydrogens is 264 g/mol. The molecule has 0 bridgehead atoms. The summed E-state index contributed by atoms with van der Waals surface area (Å²) >= 11 is 5.95. The number of pyridine rings is 1. The van der Waals surface area contributed by atoms with Gasteiger partial charge in [-0.15, -0.1) is 0 Å². The molecule has 5 heteroatoms. The number of ether oxygens (including phenoxy) is 2. The van der Waals surface area contributed by atoms with Crippen LogP contribution in [0.2, 0.25) is 5.02 Å². The number of hydrogen-bond donors (Lipinski definition) is 1. The normalized spacial score (nSPS) is 10.3. The molecule has 0 aliphatic heterocycles. The second-order valence-corrected chi connectivity index (χ2v) is 4.24. The lowest BCUT2D eigenvalue weighted by molar-refractivity contribution is 0.338. The molecule has 0 amide bonds. The molecule has 0 spiro atoms. The molecule has 1 heterocycles. The van der Waals surface area contributed by atoms with E-state index in [-0.39, 0.29) is 0 Å². The Bertz CT molecular complexity index is 561. The fourth-order valence-corrected chi connectivity index (χ4v) is 1.77. The molecular formula is C14H15ClN2O2. The lowest BCUT2D eigenvalue weighted by atomic mass is 10.2. The molecule has 19 heavy (non-hydrogen) atoms. The van der Waals surface area contributed by atoms with Crippen LogP contribution in [0.25, 0.3) is 0 Å². The third kappa shape index (κ3) is 3.59. The SMILES string of the molecule is CCOc1cccc(Oc2cc(CN)c(Cl)cn2)c1. The third-order valence-electron chi connectivity index (χ3n) is 2.47. The van der Waals surface area contributed by atoms with Gasteiger partial charge in [-0.05, 0) is 24.6 Å². The molecule has 0 atom stereocenters. The Morgan fingerprint density at radius 3 is 2.79 bits per heavy atom. The second-order valence-electron chi connectivity index (χ2n) is 3.83. The van der Waals surface area contributed by atoms with Gasteiger partial charge in [0.05, 0.1) is 11.6 Å². The van der Waals surface area contributed by atoms with Crippen LogP contribution in [0.15, 0.2) is 36.5 Å². The van der Waals surface area contributed by atoms with Crippen molar-refractivity contribution in [1.29, 1.82) is 0 Å². The highest BCUT2D eigenvalue weighted by Gasteiger charge is 2.05. The quantitative estimate of drug-likeness (QED) is 0.911. The first kappa shape index (κ1) is 13.6. The predicted octanol–water partition coefficient (Wildman–Crippen LogP) is 3.38. The Morgan fingerprint density at radius 2 is 2.05 bits per heavy atom. The van der Waals surface area contributed by atoms with Crippen molar-refractivity contribution in [2.45, 2.75) is 13.5 Å². The van der Waals surface area contributed by atoms with E-state index in [1.54, 1.807) is 6.07 Å². The maximum absolute atomic E-state index is 5.95. The van der Waals surface area contributed by atoms with Gasteiger partial charge in [0, 0.05) is 24.9 Å². The standard InChI is InChI=1S/C14H15ClN2O2/c1-2-18-11-4-3-5-12(7-11)19-14-6-10(8-16)13(15)9-17-14/h3-7,9H,2,8,16H2,1H3. The van der Waals surface area contributed by atoms with Crippen molar-refractivity contribution in [2.24, 2.45) is 5.73 Å². The first-order valence-corrected chi connectivity index (χ1v) is 6.36. The zero-order chi connectivity index (χ0) is 13.7. The lowest BCUT2D eigenvalue weighted by Gasteiger charge is -2.09. The minimum absolute atomic E-state index is 0.344. The Kier molecular flexibility index (Phi) is 4.60. The Hall–Kier alpha value is -1.78. The summed E-state index contributed by atoms with van der Waals surface area (Å²) in [6.07, 6.45) is 1.53. The highest BCUT2D eigenvalue weighted by molar-refractivity contribution is 6.31. The fraction of sp³-hybridized carbons (Fsp3) is 0.214. The fourth-order valence-electron chi connectivity index (χ4n) is 1.59. The molecule has 0 saturated carbocycles. The Labute approximate surface area is 117 Å². The molecule has 1 aromatic carbocycles. The second kappa shape index (κ2) is 6.41. The number of halogens is 1. The van der Waals surface area contributed by atoms with Crippen LogP contribution in [0.3, 0.4) is 0 Å². The number of aromatic nitrogens is 1. The van der Waals surface area contributed by atoms with Crippen LogP contribution < -0.4 is 15.2 Å². The molecule has 2 aromatic rings. The average molecular weight is 279 g/mol. The van der Waals surface area contributed by atoms with Crippen molar-refractivity contribution >= 4 is 11.6 Å². The topological polar surface area (TPSA) is 57.4 Å². The van der Waals surface area contributed by atoms with Gasteiger partial charge < -0.3 is 15.2 Å². The van der Waals surface area contributed by atoms with Crippen molar-refractivity contribution < 1.29 is 9.47 Å². The first-order chi connectivity index (χ1) is 9.22. The van der Waals surface area contributed by atoms with Crippen molar-refractivity contribution in [3.8, 4) is 17.4 Å². The van der Waals surface area contributed by atoms with E-state index in [4.69, 9.17) is 26.8 Å². The van der Waals surface area contributed by atoms with Crippen LogP contribution in [0, 0.1) is 0 Å². The van der Waals surface area contributed by atoms with Crippen molar-refractivity contribution in [1.82, 2.24) is 4.98 Å². The van der Waals surface area contributed by atoms with E-state index in [0.717, 1.165) is 11.3 Å². The summed E-state index contributed by atoms with van der Waals surface area (Å²) in [5, 5.41) is 0.540. The minimum Gasteiger partial charge on any atom is -0.494 e.